The number of hydrogen-bond acceptors (Lipinski definition) is 5. The first kappa shape index (κ1) is 17.2. The summed E-state index contributed by atoms with van der Waals surface area (Å²) in [5.41, 5.74) is -0.533. The van der Waals surface area contributed by atoms with E-state index in [1.807, 2.05) is 0 Å². The van der Waals surface area contributed by atoms with Crippen LogP contribution in [-0.4, -0.2) is 49.9 Å². The zero-order valence-corrected chi connectivity index (χ0v) is 12.0. The molecule has 7 heteroatoms. The van der Waals surface area contributed by atoms with Crippen LogP contribution in [0.2, 0.25) is 0 Å². The van der Waals surface area contributed by atoms with E-state index in [1.165, 1.54) is 0 Å². The number of ether oxygens (including phenoxy) is 1. The van der Waals surface area contributed by atoms with E-state index in [-0.39, 0.29) is 18.1 Å². The molecule has 0 spiro atoms. The van der Waals surface area contributed by atoms with Crippen molar-refractivity contribution in [2.75, 3.05) is 24.7 Å². The highest BCUT2D eigenvalue weighted by Crippen LogP contribution is 2.06. The molecule has 18 heavy (non-hydrogen) atoms. The molecule has 0 fully saturated rings. The largest absolute Gasteiger partial charge is 0.444 e. The molecule has 0 radical (unpaired) electrons. The van der Waals surface area contributed by atoms with Crippen molar-refractivity contribution in [1.82, 2.24) is 5.32 Å². The fourth-order valence-electron chi connectivity index (χ4n) is 1.19. The van der Waals surface area contributed by atoms with Gasteiger partial charge in [0.05, 0.1) is 18.1 Å². The first-order chi connectivity index (χ1) is 8.16. The Labute approximate surface area is 109 Å². The van der Waals surface area contributed by atoms with Gasteiger partial charge in [-0.15, -0.1) is 0 Å². The van der Waals surface area contributed by atoms with Crippen molar-refractivity contribution >= 4 is 15.9 Å². The summed E-state index contributed by atoms with van der Waals surface area (Å²) in [5, 5.41) is 11.1. The maximum Gasteiger partial charge on any atom is 0.407 e. The maximum atomic E-state index is 11.2. The first-order valence-electron chi connectivity index (χ1n) is 5.94. The molecule has 0 aliphatic rings. The number of carbonyl (C=O) groups excluding carboxylic acids is 1. The molecule has 6 nitrogen and oxygen atoms in total. The fraction of sp³-hybridized carbons (Fsp3) is 0.909. The molecule has 0 aromatic carbocycles. The molecule has 0 saturated carbocycles. The Morgan fingerprint density at radius 3 is 2.33 bits per heavy atom. The molecule has 108 valence electrons. The summed E-state index contributed by atoms with van der Waals surface area (Å²) in [6.07, 6.45) is 0.517. The highest BCUT2D eigenvalue weighted by atomic mass is 32.2. The van der Waals surface area contributed by atoms with Crippen LogP contribution >= 0.6 is 0 Å². The number of unbranched alkanes of at least 4 members (excludes halogenated alkanes) is 1. The molecule has 0 aliphatic carbocycles. The summed E-state index contributed by atoms with van der Waals surface area (Å²) in [4.78, 5) is 11.2. The number of rotatable bonds is 7. The van der Waals surface area contributed by atoms with Crippen LogP contribution in [0.25, 0.3) is 0 Å². The average Bonchev–Trinajstić information content (AvgIpc) is 2.13. The second-order valence-corrected chi connectivity index (χ2v) is 7.31. The molecule has 1 amide bonds. The molecule has 0 aliphatic heterocycles. The van der Waals surface area contributed by atoms with Gasteiger partial charge >= 0.3 is 6.09 Å². The monoisotopic (exact) mass is 281 g/mol. The van der Waals surface area contributed by atoms with Crippen LogP contribution < -0.4 is 5.32 Å². The number of nitrogens with one attached hydrogen (secondary N) is 1. The number of aliphatic hydroxyl groups is 1. The van der Waals surface area contributed by atoms with E-state index < -0.39 is 21.5 Å². The van der Waals surface area contributed by atoms with E-state index in [4.69, 9.17) is 9.84 Å². The lowest BCUT2D eigenvalue weighted by Gasteiger charge is -2.19. The number of carbonyl (C=O) groups is 1. The van der Waals surface area contributed by atoms with Crippen LogP contribution in [0, 0.1) is 0 Å². The van der Waals surface area contributed by atoms with E-state index in [0.717, 1.165) is 0 Å². The van der Waals surface area contributed by atoms with Gasteiger partial charge in [0.1, 0.15) is 5.60 Å². The highest BCUT2D eigenvalue weighted by Gasteiger charge is 2.15. The number of alkyl carbamates (subject to hydrolysis) is 1. The van der Waals surface area contributed by atoms with Crippen molar-refractivity contribution < 1.29 is 23.1 Å². The van der Waals surface area contributed by atoms with Crippen molar-refractivity contribution in [3.63, 3.8) is 0 Å². The minimum Gasteiger partial charge on any atom is -0.444 e. The lowest BCUT2D eigenvalue weighted by molar-refractivity contribution is 0.0527. The smallest absolute Gasteiger partial charge is 0.407 e. The van der Waals surface area contributed by atoms with Crippen molar-refractivity contribution in [3.05, 3.63) is 0 Å². The Bertz CT molecular complexity index is 345. The second kappa shape index (κ2) is 7.58. The lowest BCUT2D eigenvalue weighted by Crippen LogP contribution is -2.33. The molecule has 0 aromatic rings. The molecular weight excluding hydrogens is 258 g/mol. The van der Waals surface area contributed by atoms with Crippen LogP contribution in [0.3, 0.4) is 0 Å². The molecule has 2 N–H and O–H groups in total. The Morgan fingerprint density at radius 1 is 1.22 bits per heavy atom. The van der Waals surface area contributed by atoms with Crippen LogP contribution in [0.4, 0.5) is 4.79 Å². The van der Waals surface area contributed by atoms with Gasteiger partial charge < -0.3 is 15.2 Å². The van der Waals surface area contributed by atoms with Gasteiger partial charge in [0.25, 0.3) is 0 Å². The molecule has 0 saturated heterocycles. The van der Waals surface area contributed by atoms with Crippen LogP contribution in [0.1, 0.15) is 33.6 Å². The predicted octanol–water partition coefficient (Wildman–Crippen LogP) is 0.698. The molecule has 0 unspecified atom stereocenters. The van der Waals surface area contributed by atoms with Crippen LogP contribution in [0.5, 0.6) is 0 Å². The van der Waals surface area contributed by atoms with Gasteiger partial charge in [-0.25, -0.2) is 13.2 Å². The first-order valence-corrected chi connectivity index (χ1v) is 7.76. The van der Waals surface area contributed by atoms with Crippen molar-refractivity contribution in [1.29, 1.82) is 0 Å². The van der Waals surface area contributed by atoms with Crippen LogP contribution in [-0.2, 0) is 14.6 Å². The highest BCUT2D eigenvalue weighted by molar-refractivity contribution is 7.91. The summed E-state index contributed by atoms with van der Waals surface area (Å²) in [6.45, 7) is 5.35. The van der Waals surface area contributed by atoms with E-state index in [0.29, 0.717) is 19.4 Å². The van der Waals surface area contributed by atoms with Crippen molar-refractivity contribution in [3.8, 4) is 0 Å². The summed E-state index contributed by atoms with van der Waals surface area (Å²) in [5.74, 6) is -0.171. The minimum absolute atomic E-state index is 0.0313. The summed E-state index contributed by atoms with van der Waals surface area (Å²) >= 11 is 0. The van der Waals surface area contributed by atoms with Crippen LogP contribution in [0.15, 0.2) is 0 Å². The van der Waals surface area contributed by atoms with Crippen molar-refractivity contribution in [2.24, 2.45) is 0 Å². The third-order valence-electron chi connectivity index (χ3n) is 1.95. The number of aliphatic hydroxyl groups excluding tert-OH is 1. The van der Waals surface area contributed by atoms with Gasteiger partial charge in [0, 0.05) is 6.54 Å². The van der Waals surface area contributed by atoms with E-state index in [2.05, 4.69) is 5.32 Å². The number of sulfone groups is 1. The molecule has 0 aromatic heterocycles. The number of amides is 1. The van der Waals surface area contributed by atoms with Gasteiger partial charge in [0.2, 0.25) is 0 Å². The topological polar surface area (TPSA) is 92.7 Å². The zero-order chi connectivity index (χ0) is 14.2. The van der Waals surface area contributed by atoms with E-state index in [1.54, 1.807) is 20.8 Å². The molecule has 0 atom stereocenters. The minimum atomic E-state index is -3.16. The average molecular weight is 281 g/mol. The quantitative estimate of drug-likeness (QED) is 0.670. The maximum absolute atomic E-state index is 11.2. The Kier molecular flexibility index (Phi) is 7.23. The SMILES string of the molecule is CC(C)(C)OC(=O)NCCCCS(=O)(=O)CCO. The third-order valence-corrected chi connectivity index (χ3v) is 3.67. The molecule has 0 bridgehead atoms. The summed E-state index contributed by atoms with van der Waals surface area (Å²) in [6, 6.07) is 0. The van der Waals surface area contributed by atoms with E-state index in [9.17, 15) is 13.2 Å². The summed E-state index contributed by atoms with van der Waals surface area (Å²) < 4.78 is 27.5. The number of hydrogen-bond donors (Lipinski definition) is 2. The van der Waals surface area contributed by atoms with Gasteiger partial charge in [-0.1, -0.05) is 0 Å². The Balaban J connectivity index is 3.66. The second-order valence-electron chi connectivity index (χ2n) is 5.01. The van der Waals surface area contributed by atoms with Gasteiger partial charge in [-0.2, -0.15) is 0 Å². The van der Waals surface area contributed by atoms with Gasteiger partial charge in [-0.05, 0) is 33.6 Å². The molecular formula is C11H23NO5S. The van der Waals surface area contributed by atoms with Gasteiger partial charge in [0.15, 0.2) is 9.84 Å². The predicted molar refractivity (Wildman–Crippen MR) is 69.2 cm³/mol. The standard InChI is InChI=1S/C11H23NO5S/c1-11(2,3)17-10(14)12-6-4-5-8-18(15,16)9-7-13/h13H,4-9H2,1-3H3,(H,12,14). The third kappa shape index (κ3) is 10.3. The Hall–Kier alpha value is -0.820. The summed E-state index contributed by atoms with van der Waals surface area (Å²) in [7, 11) is -3.16. The molecule has 0 heterocycles. The Morgan fingerprint density at radius 2 is 1.83 bits per heavy atom. The van der Waals surface area contributed by atoms with Gasteiger partial charge in [-0.3, -0.25) is 0 Å². The van der Waals surface area contributed by atoms with Crippen molar-refractivity contribution in [2.45, 2.75) is 39.2 Å². The zero-order valence-electron chi connectivity index (χ0n) is 11.2. The normalized spacial score (nSPS) is 12.2. The molecule has 0 rings (SSSR count). The lowest BCUT2D eigenvalue weighted by atomic mass is 10.2. The van der Waals surface area contributed by atoms with E-state index >= 15 is 0 Å². The fourth-order valence-corrected chi connectivity index (χ4v) is 2.32.